The molecule has 0 saturated carbocycles. The van der Waals surface area contributed by atoms with Crippen molar-refractivity contribution in [2.45, 2.75) is 11.3 Å². The van der Waals surface area contributed by atoms with E-state index in [0.717, 1.165) is 40.9 Å². The van der Waals surface area contributed by atoms with E-state index in [1.807, 2.05) is 12.3 Å². The van der Waals surface area contributed by atoms with E-state index in [4.69, 9.17) is 0 Å². The molecule has 2 N–H and O–H groups in total. The van der Waals surface area contributed by atoms with Crippen LogP contribution in [0.5, 0.6) is 0 Å². The van der Waals surface area contributed by atoms with E-state index in [9.17, 15) is 18.4 Å². The van der Waals surface area contributed by atoms with Crippen molar-refractivity contribution in [1.29, 1.82) is 0 Å². The van der Waals surface area contributed by atoms with E-state index in [2.05, 4.69) is 25.8 Å². The first-order valence-corrected chi connectivity index (χ1v) is 10.0. The van der Waals surface area contributed by atoms with Crippen molar-refractivity contribution in [2.75, 3.05) is 16.4 Å². The maximum atomic E-state index is 13.6. The molecule has 0 atom stereocenters. The molecule has 2 amide bonds. The minimum atomic E-state index is -0.972. The van der Waals surface area contributed by atoms with Crippen molar-refractivity contribution >= 4 is 56.5 Å². The number of rotatable bonds is 6. The monoisotopic (exact) mass is 427 g/mol. The van der Waals surface area contributed by atoms with Crippen LogP contribution in [0.1, 0.15) is 16.1 Å². The van der Waals surface area contributed by atoms with Crippen LogP contribution in [-0.2, 0) is 4.79 Å². The number of hydrogen-bond donors (Lipinski definition) is 2. The van der Waals surface area contributed by atoms with Gasteiger partial charge in [-0.2, -0.15) is 0 Å². The molecule has 0 bridgehead atoms. The molecule has 0 aliphatic heterocycles. The van der Waals surface area contributed by atoms with Gasteiger partial charge in [-0.3, -0.25) is 14.9 Å². The molecule has 0 radical (unpaired) electrons. The highest BCUT2D eigenvalue weighted by Gasteiger charge is 2.19. The van der Waals surface area contributed by atoms with Gasteiger partial charge in [0.25, 0.3) is 5.91 Å². The van der Waals surface area contributed by atoms with E-state index < -0.39 is 23.1 Å². The van der Waals surface area contributed by atoms with E-state index in [-0.39, 0.29) is 16.8 Å². The van der Waals surface area contributed by atoms with Gasteiger partial charge in [0.2, 0.25) is 11.0 Å². The van der Waals surface area contributed by atoms with E-state index in [1.54, 1.807) is 0 Å². The molecule has 1 aromatic carbocycles. The van der Waals surface area contributed by atoms with Gasteiger partial charge in [0.1, 0.15) is 17.2 Å². The number of thiazole rings is 1. The summed E-state index contributed by atoms with van der Waals surface area (Å²) >= 11 is 3.43. The molecule has 12 heteroatoms. The minimum absolute atomic E-state index is 0.0705. The fourth-order valence-electron chi connectivity index (χ4n) is 1.89. The molecule has 2 heterocycles. The Hall–Kier alpha value is -2.44. The summed E-state index contributed by atoms with van der Waals surface area (Å²) < 4.78 is 27.6. The third kappa shape index (κ3) is 5.05. The number of thioether (sulfide) groups is 1. The van der Waals surface area contributed by atoms with Crippen LogP contribution in [-0.4, -0.2) is 32.7 Å². The number of halogens is 2. The Bertz CT molecular complexity index is 971. The van der Waals surface area contributed by atoms with Gasteiger partial charge in [-0.25, -0.2) is 13.8 Å². The molecule has 0 unspecified atom stereocenters. The lowest BCUT2D eigenvalue weighted by Crippen LogP contribution is -2.15. The Labute approximate surface area is 164 Å². The number of aromatic nitrogens is 3. The van der Waals surface area contributed by atoms with Crippen LogP contribution in [0.4, 0.5) is 19.0 Å². The summed E-state index contributed by atoms with van der Waals surface area (Å²) in [6, 6.07) is 3.14. The third-order valence-electron chi connectivity index (χ3n) is 3.01. The average Bonchev–Trinajstić information content (AvgIpc) is 3.21. The van der Waals surface area contributed by atoms with Crippen molar-refractivity contribution < 1.29 is 18.4 Å². The van der Waals surface area contributed by atoms with Gasteiger partial charge < -0.3 is 5.32 Å². The second-order valence-electron chi connectivity index (χ2n) is 5.05. The van der Waals surface area contributed by atoms with Gasteiger partial charge in [-0.15, -0.1) is 21.5 Å². The molecule has 0 saturated heterocycles. The number of carbonyl (C=O) groups is 2. The lowest BCUT2D eigenvalue weighted by molar-refractivity contribution is -0.113. The Morgan fingerprint density at radius 1 is 1.15 bits per heavy atom. The van der Waals surface area contributed by atoms with Crippen molar-refractivity contribution in [1.82, 2.24) is 15.2 Å². The molecule has 2 aromatic heterocycles. The number of anilines is 2. The summed E-state index contributed by atoms with van der Waals surface area (Å²) in [6.45, 7) is 1.82. The van der Waals surface area contributed by atoms with Crippen molar-refractivity contribution in [3.05, 3.63) is 46.5 Å². The lowest BCUT2D eigenvalue weighted by atomic mass is 10.2. The normalized spacial score (nSPS) is 10.6. The first-order valence-electron chi connectivity index (χ1n) is 7.36. The Kier molecular flexibility index (Phi) is 6.08. The maximum Gasteiger partial charge on any atom is 0.263 e. The predicted octanol–water partition coefficient (Wildman–Crippen LogP) is 3.56. The summed E-state index contributed by atoms with van der Waals surface area (Å²) in [5.41, 5.74) is 0.124. The van der Waals surface area contributed by atoms with Gasteiger partial charge in [-0.05, 0) is 19.1 Å². The highest BCUT2D eigenvalue weighted by molar-refractivity contribution is 8.01. The lowest BCUT2D eigenvalue weighted by Gasteiger charge is -2.03. The van der Waals surface area contributed by atoms with Crippen LogP contribution >= 0.6 is 34.4 Å². The van der Waals surface area contributed by atoms with E-state index in [1.165, 1.54) is 17.4 Å². The number of benzene rings is 1. The molecule has 0 fully saturated rings. The largest absolute Gasteiger partial charge is 0.301 e. The Balaban J connectivity index is 1.55. The Morgan fingerprint density at radius 3 is 2.56 bits per heavy atom. The highest BCUT2D eigenvalue weighted by atomic mass is 32.2. The van der Waals surface area contributed by atoms with Crippen molar-refractivity contribution in [3.8, 4) is 0 Å². The number of amides is 2. The molecule has 7 nitrogen and oxygen atoms in total. The fourth-order valence-corrected chi connectivity index (χ4v) is 4.14. The summed E-state index contributed by atoms with van der Waals surface area (Å²) in [7, 11) is 0. The molecule has 3 aromatic rings. The third-order valence-corrected chi connectivity index (χ3v) is 5.86. The van der Waals surface area contributed by atoms with Gasteiger partial charge in [0.15, 0.2) is 9.47 Å². The predicted molar refractivity (Wildman–Crippen MR) is 100 cm³/mol. The van der Waals surface area contributed by atoms with E-state index in [0.29, 0.717) is 9.47 Å². The smallest absolute Gasteiger partial charge is 0.263 e. The summed E-state index contributed by atoms with van der Waals surface area (Å²) in [4.78, 5) is 28.0. The van der Waals surface area contributed by atoms with Crippen LogP contribution in [0.15, 0.2) is 27.9 Å². The zero-order chi connectivity index (χ0) is 19.4. The van der Waals surface area contributed by atoms with Gasteiger partial charge in [-0.1, -0.05) is 29.2 Å². The number of carbonyl (C=O) groups excluding carboxylic acids is 2. The minimum Gasteiger partial charge on any atom is -0.301 e. The maximum absolute atomic E-state index is 13.6. The van der Waals surface area contributed by atoms with Crippen molar-refractivity contribution in [2.24, 2.45) is 0 Å². The van der Waals surface area contributed by atoms with E-state index >= 15 is 0 Å². The van der Waals surface area contributed by atoms with Gasteiger partial charge in [0.05, 0.1) is 11.4 Å². The standard InChI is InChI=1S/C15H11F2N5O2S3/c1-7-5-25-13(18-7)19-10(23)6-26-15-22-21-14(27-15)20-12(24)11-8(16)3-2-4-9(11)17/h2-5H,6H2,1H3,(H,18,19,23)(H,20,21,24). The molecule has 0 spiro atoms. The SMILES string of the molecule is Cc1csc(NC(=O)CSc2nnc(NC(=O)c3c(F)cccc3F)s2)n1. The summed E-state index contributed by atoms with van der Waals surface area (Å²) in [5, 5.41) is 14.9. The topological polar surface area (TPSA) is 96.9 Å². The van der Waals surface area contributed by atoms with Crippen LogP contribution in [0.25, 0.3) is 0 Å². The van der Waals surface area contributed by atoms with Crippen LogP contribution in [0.2, 0.25) is 0 Å². The molecule has 0 aliphatic carbocycles. The second-order valence-corrected chi connectivity index (χ2v) is 8.11. The van der Waals surface area contributed by atoms with Crippen LogP contribution in [0, 0.1) is 18.6 Å². The Morgan fingerprint density at radius 2 is 1.89 bits per heavy atom. The van der Waals surface area contributed by atoms with Gasteiger partial charge >= 0.3 is 0 Å². The first-order chi connectivity index (χ1) is 12.9. The zero-order valence-electron chi connectivity index (χ0n) is 13.7. The number of nitrogens with one attached hydrogen (secondary N) is 2. The molecule has 0 aliphatic rings. The molecule has 3 rings (SSSR count). The van der Waals surface area contributed by atoms with Gasteiger partial charge in [0, 0.05) is 5.38 Å². The average molecular weight is 427 g/mol. The first kappa shape index (κ1) is 19.3. The number of hydrogen-bond acceptors (Lipinski definition) is 8. The van der Waals surface area contributed by atoms with Crippen LogP contribution in [0.3, 0.4) is 0 Å². The second kappa shape index (κ2) is 8.50. The number of aryl methyl sites for hydroxylation is 1. The molecule has 140 valence electrons. The fraction of sp³-hybridized carbons (Fsp3) is 0.133. The quantitative estimate of drug-likeness (QED) is 0.461. The molecular weight excluding hydrogens is 416 g/mol. The zero-order valence-corrected chi connectivity index (χ0v) is 16.1. The molecule has 27 heavy (non-hydrogen) atoms. The number of nitrogens with zero attached hydrogens (tertiary/aromatic N) is 3. The van der Waals surface area contributed by atoms with Crippen molar-refractivity contribution in [3.63, 3.8) is 0 Å². The van der Waals surface area contributed by atoms with Crippen LogP contribution < -0.4 is 10.6 Å². The highest BCUT2D eigenvalue weighted by Crippen LogP contribution is 2.26. The summed E-state index contributed by atoms with van der Waals surface area (Å²) in [6.07, 6.45) is 0. The molecular formula is C15H11F2N5O2S3. The summed E-state index contributed by atoms with van der Waals surface area (Å²) in [5.74, 6) is -3.09.